The zero-order valence-electron chi connectivity index (χ0n) is 6.53. The number of carboxylic acids is 1. The van der Waals surface area contributed by atoms with Gasteiger partial charge in [-0.3, -0.25) is 9.59 Å². The number of hydrogen-bond acceptors (Lipinski definition) is 4. The quantitative estimate of drug-likeness (QED) is 0.569. The third-order valence-corrected chi connectivity index (χ3v) is 2.23. The molecule has 0 amide bonds. The molecule has 1 rings (SSSR count). The highest BCUT2D eigenvalue weighted by Crippen LogP contribution is 2.31. The minimum Gasteiger partial charge on any atom is -0.481 e. The SMILES string of the molecule is NOC(=O)[C@@H]1CC[C@@H](C(=O)O)C1. The van der Waals surface area contributed by atoms with E-state index in [1.165, 1.54) is 0 Å². The molecule has 2 atom stereocenters. The summed E-state index contributed by atoms with van der Waals surface area (Å²) in [6, 6.07) is 0. The van der Waals surface area contributed by atoms with Crippen molar-refractivity contribution < 1.29 is 19.5 Å². The van der Waals surface area contributed by atoms with E-state index in [2.05, 4.69) is 10.7 Å². The molecule has 1 fully saturated rings. The molecule has 5 nitrogen and oxygen atoms in total. The summed E-state index contributed by atoms with van der Waals surface area (Å²) in [7, 11) is 0. The smallest absolute Gasteiger partial charge is 0.327 e. The van der Waals surface area contributed by atoms with Gasteiger partial charge in [-0.2, -0.15) is 5.90 Å². The Bertz CT molecular complexity index is 204. The van der Waals surface area contributed by atoms with Crippen molar-refractivity contribution in [1.29, 1.82) is 0 Å². The van der Waals surface area contributed by atoms with Crippen LogP contribution in [0.1, 0.15) is 19.3 Å². The molecule has 3 N–H and O–H groups in total. The van der Waals surface area contributed by atoms with Crippen molar-refractivity contribution >= 4 is 11.9 Å². The van der Waals surface area contributed by atoms with Crippen LogP contribution in [-0.4, -0.2) is 17.0 Å². The summed E-state index contributed by atoms with van der Waals surface area (Å²) >= 11 is 0. The van der Waals surface area contributed by atoms with Crippen LogP contribution in [0.2, 0.25) is 0 Å². The van der Waals surface area contributed by atoms with Crippen molar-refractivity contribution in [2.75, 3.05) is 0 Å². The van der Waals surface area contributed by atoms with Gasteiger partial charge in [0, 0.05) is 0 Å². The summed E-state index contributed by atoms with van der Waals surface area (Å²) < 4.78 is 0. The maximum atomic E-state index is 10.8. The Morgan fingerprint density at radius 1 is 1.33 bits per heavy atom. The molecule has 0 bridgehead atoms. The van der Waals surface area contributed by atoms with Crippen molar-refractivity contribution in [2.45, 2.75) is 19.3 Å². The van der Waals surface area contributed by atoms with Crippen LogP contribution in [0.3, 0.4) is 0 Å². The first-order valence-electron chi connectivity index (χ1n) is 3.78. The maximum Gasteiger partial charge on any atom is 0.327 e. The normalized spacial score (nSPS) is 28.4. The lowest BCUT2D eigenvalue weighted by atomic mass is 10.1. The standard InChI is InChI=1S/C7H11NO4/c8-12-7(11)5-2-1-4(3-5)6(9)10/h4-5H,1-3,8H2,(H,9,10)/t4-,5-/m1/s1. The first-order chi connectivity index (χ1) is 5.65. The molecule has 68 valence electrons. The van der Waals surface area contributed by atoms with Crippen LogP contribution in [0.25, 0.3) is 0 Å². The molecule has 0 saturated heterocycles. The van der Waals surface area contributed by atoms with E-state index in [-0.39, 0.29) is 5.92 Å². The van der Waals surface area contributed by atoms with Crippen molar-refractivity contribution in [1.82, 2.24) is 0 Å². The molecule has 0 aromatic heterocycles. The van der Waals surface area contributed by atoms with Gasteiger partial charge >= 0.3 is 11.9 Å². The van der Waals surface area contributed by atoms with Crippen LogP contribution in [-0.2, 0) is 14.4 Å². The minimum atomic E-state index is -0.845. The summed E-state index contributed by atoms with van der Waals surface area (Å²) in [5.74, 6) is 2.60. The highest BCUT2D eigenvalue weighted by Gasteiger charge is 2.34. The second-order valence-electron chi connectivity index (χ2n) is 2.98. The van der Waals surface area contributed by atoms with E-state index in [0.717, 1.165) is 0 Å². The Hall–Kier alpha value is -1.10. The number of aliphatic carboxylic acids is 1. The van der Waals surface area contributed by atoms with Crippen LogP contribution in [0, 0.1) is 11.8 Å². The molecule has 1 saturated carbocycles. The second-order valence-corrected chi connectivity index (χ2v) is 2.98. The van der Waals surface area contributed by atoms with Gasteiger partial charge in [0.25, 0.3) is 0 Å². The maximum absolute atomic E-state index is 10.8. The van der Waals surface area contributed by atoms with Crippen LogP contribution in [0.4, 0.5) is 0 Å². The monoisotopic (exact) mass is 173 g/mol. The van der Waals surface area contributed by atoms with E-state index in [1.54, 1.807) is 0 Å². The van der Waals surface area contributed by atoms with Gasteiger partial charge in [0.2, 0.25) is 0 Å². The molecule has 1 aliphatic rings. The molecule has 0 spiro atoms. The van der Waals surface area contributed by atoms with Crippen molar-refractivity contribution in [3.8, 4) is 0 Å². The second kappa shape index (κ2) is 3.53. The molecule has 0 aromatic carbocycles. The molecule has 0 aromatic rings. The van der Waals surface area contributed by atoms with E-state index in [0.29, 0.717) is 19.3 Å². The van der Waals surface area contributed by atoms with Gasteiger partial charge in [0.1, 0.15) is 0 Å². The van der Waals surface area contributed by atoms with Crippen LogP contribution >= 0.6 is 0 Å². The number of nitrogens with two attached hydrogens (primary N) is 1. The fraction of sp³-hybridized carbons (Fsp3) is 0.714. The highest BCUT2D eigenvalue weighted by molar-refractivity contribution is 5.76. The van der Waals surface area contributed by atoms with Gasteiger partial charge < -0.3 is 9.94 Å². The van der Waals surface area contributed by atoms with Gasteiger partial charge in [-0.25, -0.2) is 0 Å². The lowest BCUT2D eigenvalue weighted by Gasteiger charge is -2.04. The first-order valence-corrected chi connectivity index (χ1v) is 3.78. The summed E-state index contributed by atoms with van der Waals surface area (Å²) in [5.41, 5.74) is 0. The molecule has 5 heteroatoms. The summed E-state index contributed by atoms with van der Waals surface area (Å²) in [6.07, 6.45) is 1.45. The number of hydrogen-bond donors (Lipinski definition) is 2. The van der Waals surface area contributed by atoms with Gasteiger partial charge in [-0.05, 0) is 19.3 Å². The molecular weight excluding hydrogens is 162 g/mol. The highest BCUT2D eigenvalue weighted by atomic mass is 16.7. The zero-order valence-corrected chi connectivity index (χ0v) is 6.53. The fourth-order valence-corrected chi connectivity index (χ4v) is 1.52. The first kappa shape index (κ1) is 8.99. The summed E-state index contributed by atoms with van der Waals surface area (Å²) in [6.45, 7) is 0. The predicted octanol–water partition coefficient (Wildman–Crippen LogP) is -0.0958. The molecular formula is C7H11NO4. The van der Waals surface area contributed by atoms with Gasteiger partial charge in [0.15, 0.2) is 0 Å². The summed E-state index contributed by atoms with van der Waals surface area (Å²) in [4.78, 5) is 25.3. The van der Waals surface area contributed by atoms with Crippen molar-refractivity contribution in [3.05, 3.63) is 0 Å². The number of carboxylic acid groups (broad SMARTS) is 1. The molecule has 0 unspecified atom stereocenters. The van der Waals surface area contributed by atoms with Crippen molar-refractivity contribution in [2.24, 2.45) is 17.7 Å². The Balaban J connectivity index is 2.45. The third-order valence-electron chi connectivity index (χ3n) is 2.23. The van der Waals surface area contributed by atoms with E-state index < -0.39 is 17.9 Å². The number of carbonyl (C=O) groups excluding carboxylic acids is 1. The van der Waals surface area contributed by atoms with E-state index >= 15 is 0 Å². The molecule has 0 aliphatic heterocycles. The molecule has 12 heavy (non-hydrogen) atoms. The largest absolute Gasteiger partial charge is 0.481 e. The summed E-state index contributed by atoms with van der Waals surface area (Å²) in [5, 5.41) is 8.60. The molecule has 0 heterocycles. The average molecular weight is 173 g/mol. The van der Waals surface area contributed by atoms with Crippen LogP contribution in [0.15, 0.2) is 0 Å². The Labute approximate surface area is 69.4 Å². The molecule has 0 radical (unpaired) electrons. The third kappa shape index (κ3) is 1.73. The van der Waals surface area contributed by atoms with Crippen molar-refractivity contribution in [3.63, 3.8) is 0 Å². The predicted molar refractivity (Wildman–Crippen MR) is 38.7 cm³/mol. The minimum absolute atomic E-state index is 0.323. The Morgan fingerprint density at radius 3 is 2.33 bits per heavy atom. The Morgan fingerprint density at radius 2 is 1.92 bits per heavy atom. The average Bonchev–Trinajstić information content (AvgIpc) is 2.51. The lowest BCUT2D eigenvalue weighted by molar-refractivity contribution is -0.149. The van der Waals surface area contributed by atoms with E-state index in [4.69, 9.17) is 5.11 Å². The molecule has 1 aliphatic carbocycles. The van der Waals surface area contributed by atoms with Gasteiger partial charge in [-0.1, -0.05) is 0 Å². The lowest BCUT2D eigenvalue weighted by Crippen LogP contribution is -2.19. The van der Waals surface area contributed by atoms with Crippen LogP contribution in [0.5, 0.6) is 0 Å². The topological polar surface area (TPSA) is 89.6 Å². The van der Waals surface area contributed by atoms with Gasteiger partial charge in [-0.15, -0.1) is 0 Å². The van der Waals surface area contributed by atoms with Crippen LogP contribution < -0.4 is 5.90 Å². The van der Waals surface area contributed by atoms with Gasteiger partial charge in [0.05, 0.1) is 11.8 Å². The number of rotatable bonds is 2. The Kier molecular flexibility index (Phi) is 2.65. The zero-order chi connectivity index (χ0) is 9.14. The number of carbonyl (C=O) groups is 2. The van der Waals surface area contributed by atoms with E-state index in [1.807, 2.05) is 0 Å². The fourth-order valence-electron chi connectivity index (χ4n) is 1.52. The van der Waals surface area contributed by atoms with E-state index in [9.17, 15) is 9.59 Å².